The summed E-state index contributed by atoms with van der Waals surface area (Å²) in [5.74, 6) is 0.0456. The zero-order chi connectivity index (χ0) is 17.5. The van der Waals surface area contributed by atoms with E-state index >= 15 is 0 Å². The van der Waals surface area contributed by atoms with Gasteiger partial charge in [-0.05, 0) is 40.8 Å². The molecule has 5 rings (SSSR count). The molecule has 0 atom stereocenters. The molecular formula is C19H16N6O. The van der Waals surface area contributed by atoms with Crippen molar-refractivity contribution in [2.75, 3.05) is 6.54 Å². The summed E-state index contributed by atoms with van der Waals surface area (Å²) < 4.78 is 1.56. The number of hydrogen-bond donors (Lipinski definition) is 1. The molecule has 7 nitrogen and oxygen atoms in total. The Kier molecular flexibility index (Phi) is 3.31. The third-order valence-electron chi connectivity index (χ3n) is 4.90. The summed E-state index contributed by atoms with van der Waals surface area (Å²) in [6.07, 6.45) is 2.37. The highest BCUT2D eigenvalue weighted by atomic mass is 16.2. The minimum absolute atomic E-state index is 0.0456. The van der Waals surface area contributed by atoms with Gasteiger partial charge in [-0.3, -0.25) is 4.79 Å². The van der Waals surface area contributed by atoms with Gasteiger partial charge in [0.25, 0.3) is 5.91 Å². The number of aromatic nitrogens is 5. The number of benzene rings is 2. The van der Waals surface area contributed by atoms with Gasteiger partial charge >= 0.3 is 0 Å². The van der Waals surface area contributed by atoms with Crippen molar-refractivity contribution in [1.82, 2.24) is 30.1 Å². The number of nitrogens with zero attached hydrogens (tertiary/aromatic N) is 5. The molecule has 0 spiro atoms. The van der Waals surface area contributed by atoms with E-state index in [2.05, 4.69) is 32.6 Å². The first kappa shape index (κ1) is 14.8. The molecule has 0 saturated heterocycles. The van der Waals surface area contributed by atoms with Crippen LogP contribution in [0.3, 0.4) is 0 Å². The molecule has 1 aliphatic heterocycles. The fourth-order valence-corrected chi connectivity index (χ4v) is 3.56. The maximum Gasteiger partial charge on any atom is 0.254 e. The maximum absolute atomic E-state index is 12.9. The zero-order valence-electron chi connectivity index (χ0n) is 14.0. The van der Waals surface area contributed by atoms with Crippen molar-refractivity contribution in [3.8, 4) is 5.69 Å². The Balaban J connectivity index is 1.41. The molecule has 7 heteroatoms. The molecule has 1 amide bonds. The van der Waals surface area contributed by atoms with Crippen molar-refractivity contribution in [3.63, 3.8) is 0 Å². The van der Waals surface area contributed by atoms with Crippen molar-refractivity contribution >= 4 is 16.8 Å². The predicted octanol–water partition coefficient (Wildman–Crippen LogP) is 2.34. The van der Waals surface area contributed by atoms with Crippen molar-refractivity contribution in [1.29, 1.82) is 0 Å². The lowest BCUT2D eigenvalue weighted by Crippen LogP contribution is -2.35. The van der Waals surface area contributed by atoms with E-state index in [-0.39, 0.29) is 5.91 Å². The van der Waals surface area contributed by atoms with Crippen LogP contribution in [-0.4, -0.2) is 42.5 Å². The molecule has 128 valence electrons. The van der Waals surface area contributed by atoms with Crippen LogP contribution in [0.5, 0.6) is 0 Å². The summed E-state index contributed by atoms with van der Waals surface area (Å²) in [4.78, 5) is 18.3. The number of tetrazole rings is 1. The summed E-state index contributed by atoms with van der Waals surface area (Å²) in [6, 6.07) is 15.6. The highest BCUT2D eigenvalue weighted by Gasteiger charge is 2.24. The van der Waals surface area contributed by atoms with Crippen molar-refractivity contribution < 1.29 is 4.79 Å². The number of hydrogen-bond acceptors (Lipinski definition) is 4. The van der Waals surface area contributed by atoms with Crippen LogP contribution < -0.4 is 0 Å². The summed E-state index contributed by atoms with van der Waals surface area (Å²) in [7, 11) is 0. The van der Waals surface area contributed by atoms with Crippen LogP contribution >= 0.6 is 0 Å². The Labute approximate surface area is 149 Å². The Hall–Kier alpha value is -3.48. The molecule has 3 heterocycles. The average Bonchev–Trinajstić information content (AvgIpc) is 3.35. The number of para-hydroxylation sites is 1. The molecule has 0 aliphatic carbocycles. The number of amides is 1. The van der Waals surface area contributed by atoms with E-state index in [9.17, 15) is 4.79 Å². The molecule has 0 unspecified atom stereocenters. The van der Waals surface area contributed by atoms with E-state index in [1.165, 1.54) is 23.0 Å². The van der Waals surface area contributed by atoms with E-state index in [1.807, 2.05) is 41.3 Å². The van der Waals surface area contributed by atoms with E-state index in [0.717, 1.165) is 17.6 Å². The summed E-state index contributed by atoms with van der Waals surface area (Å²) >= 11 is 0. The van der Waals surface area contributed by atoms with Gasteiger partial charge in [0.1, 0.15) is 6.33 Å². The number of nitrogens with one attached hydrogen (secondary N) is 1. The minimum atomic E-state index is 0.0456. The fraction of sp³-hybridized carbons (Fsp3) is 0.158. The first-order valence-corrected chi connectivity index (χ1v) is 8.51. The monoisotopic (exact) mass is 344 g/mol. The quantitative estimate of drug-likeness (QED) is 0.605. The van der Waals surface area contributed by atoms with E-state index in [1.54, 1.807) is 4.68 Å². The first-order chi connectivity index (χ1) is 12.8. The number of rotatable bonds is 2. The van der Waals surface area contributed by atoms with Gasteiger partial charge in [0.2, 0.25) is 0 Å². The van der Waals surface area contributed by atoms with Crippen LogP contribution in [0.1, 0.15) is 21.6 Å². The molecule has 0 fully saturated rings. The van der Waals surface area contributed by atoms with Crippen molar-refractivity contribution in [2.24, 2.45) is 0 Å². The average molecular weight is 344 g/mol. The summed E-state index contributed by atoms with van der Waals surface area (Å²) in [6.45, 7) is 1.35. The summed E-state index contributed by atoms with van der Waals surface area (Å²) in [5, 5.41) is 12.3. The second-order valence-corrected chi connectivity index (χ2v) is 6.41. The van der Waals surface area contributed by atoms with Gasteiger partial charge in [-0.2, -0.15) is 0 Å². The number of fused-ring (bicyclic) bond motifs is 3. The Morgan fingerprint density at radius 3 is 2.73 bits per heavy atom. The lowest BCUT2D eigenvalue weighted by atomic mass is 10.0. The van der Waals surface area contributed by atoms with Crippen LogP contribution in [0, 0.1) is 0 Å². The second kappa shape index (κ2) is 5.80. The highest BCUT2D eigenvalue weighted by molar-refractivity contribution is 5.95. The minimum Gasteiger partial charge on any atom is -0.358 e. The zero-order valence-corrected chi connectivity index (χ0v) is 14.0. The molecule has 1 N–H and O–H groups in total. The molecule has 2 aromatic heterocycles. The lowest BCUT2D eigenvalue weighted by Gasteiger charge is -2.27. The van der Waals surface area contributed by atoms with E-state index in [0.29, 0.717) is 18.7 Å². The van der Waals surface area contributed by atoms with Crippen LogP contribution in [0.15, 0.2) is 54.9 Å². The third-order valence-corrected chi connectivity index (χ3v) is 4.90. The lowest BCUT2D eigenvalue weighted by molar-refractivity contribution is 0.0735. The standard InChI is InChI=1S/C19H16N6O/c26-19(13-5-7-14(8-6-13)25-12-20-22-23-25)24-10-9-18-16(11-24)15-3-1-2-4-17(15)21-18/h1-8,12,21H,9-11H2. The topological polar surface area (TPSA) is 79.7 Å². The number of H-pyrrole nitrogens is 1. The molecule has 4 aromatic rings. The maximum atomic E-state index is 12.9. The van der Waals surface area contributed by atoms with Gasteiger partial charge in [-0.1, -0.05) is 18.2 Å². The number of carbonyl (C=O) groups excluding carboxylic acids is 1. The van der Waals surface area contributed by atoms with E-state index in [4.69, 9.17) is 0 Å². The molecule has 26 heavy (non-hydrogen) atoms. The van der Waals surface area contributed by atoms with E-state index < -0.39 is 0 Å². The van der Waals surface area contributed by atoms with Gasteiger partial charge in [-0.15, -0.1) is 5.10 Å². The number of carbonyl (C=O) groups is 1. The third kappa shape index (κ3) is 2.36. The van der Waals surface area contributed by atoms with Crippen LogP contribution in [0.4, 0.5) is 0 Å². The largest absolute Gasteiger partial charge is 0.358 e. The highest BCUT2D eigenvalue weighted by Crippen LogP contribution is 2.28. The predicted molar refractivity (Wildman–Crippen MR) is 95.9 cm³/mol. The smallest absolute Gasteiger partial charge is 0.254 e. The van der Waals surface area contributed by atoms with Crippen LogP contribution in [0.2, 0.25) is 0 Å². The molecular weight excluding hydrogens is 328 g/mol. The Bertz CT molecular complexity index is 1080. The van der Waals surface area contributed by atoms with Crippen molar-refractivity contribution in [3.05, 3.63) is 71.7 Å². The van der Waals surface area contributed by atoms with Gasteiger partial charge < -0.3 is 9.88 Å². The van der Waals surface area contributed by atoms with Gasteiger partial charge in [-0.25, -0.2) is 4.68 Å². The SMILES string of the molecule is O=C(c1ccc(-n2cnnn2)cc1)N1CCc2[nH]c3ccccc3c2C1. The first-order valence-electron chi connectivity index (χ1n) is 8.51. The molecule has 0 saturated carbocycles. The molecule has 0 bridgehead atoms. The normalized spacial score (nSPS) is 13.8. The van der Waals surface area contributed by atoms with Crippen molar-refractivity contribution in [2.45, 2.75) is 13.0 Å². The summed E-state index contributed by atoms with van der Waals surface area (Å²) in [5.41, 5.74) is 5.10. The second-order valence-electron chi connectivity index (χ2n) is 6.41. The van der Waals surface area contributed by atoms with Gasteiger partial charge in [0, 0.05) is 47.2 Å². The molecule has 1 aliphatic rings. The van der Waals surface area contributed by atoms with Crippen LogP contribution in [0.25, 0.3) is 16.6 Å². The van der Waals surface area contributed by atoms with Gasteiger partial charge in [0.05, 0.1) is 5.69 Å². The Morgan fingerprint density at radius 1 is 1.08 bits per heavy atom. The molecule has 0 radical (unpaired) electrons. The van der Waals surface area contributed by atoms with Crippen LogP contribution in [-0.2, 0) is 13.0 Å². The van der Waals surface area contributed by atoms with Gasteiger partial charge in [0.15, 0.2) is 0 Å². The number of aromatic amines is 1. The fourth-order valence-electron chi connectivity index (χ4n) is 3.56. The Morgan fingerprint density at radius 2 is 1.92 bits per heavy atom. The molecule has 2 aromatic carbocycles.